The summed E-state index contributed by atoms with van der Waals surface area (Å²) in [4.78, 5) is 2.45. The molecule has 1 saturated heterocycles. The monoisotopic (exact) mass is 429 g/mol. The Hall–Kier alpha value is -1.00. The normalized spacial score (nSPS) is 23.4. The number of hydrogen-bond acceptors (Lipinski definition) is 5. The van der Waals surface area contributed by atoms with Crippen molar-refractivity contribution in [2.24, 2.45) is 0 Å². The van der Waals surface area contributed by atoms with Crippen LogP contribution in [-0.4, -0.2) is 70.3 Å². The molecule has 1 aromatic carbocycles. The summed E-state index contributed by atoms with van der Waals surface area (Å²) in [7, 11) is -6.77. The van der Waals surface area contributed by atoms with E-state index in [1.807, 2.05) is 6.07 Å². The molecular formula is C19H31N3O4S2. The Labute approximate surface area is 169 Å². The van der Waals surface area contributed by atoms with E-state index in [1.54, 1.807) is 6.92 Å². The lowest BCUT2D eigenvalue weighted by molar-refractivity contribution is 0.0913. The summed E-state index contributed by atoms with van der Waals surface area (Å²) < 4.78 is 52.7. The first-order valence-corrected chi connectivity index (χ1v) is 13.5. The van der Waals surface area contributed by atoms with Gasteiger partial charge in [-0.1, -0.05) is 31.2 Å². The largest absolute Gasteiger partial charge is 0.296 e. The molecule has 1 fully saturated rings. The third kappa shape index (κ3) is 5.13. The van der Waals surface area contributed by atoms with E-state index in [0.717, 1.165) is 32.4 Å². The van der Waals surface area contributed by atoms with Crippen LogP contribution in [0, 0.1) is 0 Å². The summed E-state index contributed by atoms with van der Waals surface area (Å²) in [5.41, 5.74) is 2.65. The maximum absolute atomic E-state index is 12.5. The average molecular weight is 430 g/mol. The molecule has 7 nitrogen and oxygen atoms in total. The van der Waals surface area contributed by atoms with E-state index in [0.29, 0.717) is 6.42 Å². The second-order valence-corrected chi connectivity index (χ2v) is 11.6. The molecule has 2 atom stereocenters. The van der Waals surface area contributed by atoms with Crippen molar-refractivity contribution in [2.45, 2.75) is 44.7 Å². The fraction of sp³-hybridized carbons (Fsp3) is 0.684. The Balaban J connectivity index is 1.72. The number of nitrogens with zero attached hydrogens (tertiary/aromatic N) is 2. The molecular weight excluding hydrogens is 398 g/mol. The third-order valence-corrected chi connectivity index (χ3v) is 8.65. The Bertz CT molecular complexity index is 886. The van der Waals surface area contributed by atoms with E-state index in [1.165, 1.54) is 21.7 Å². The van der Waals surface area contributed by atoms with Gasteiger partial charge in [-0.15, -0.1) is 0 Å². The van der Waals surface area contributed by atoms with Crippen LogP contribution in [0.4, 0.5) is 0 Å². The van der Waals surface area contributed by atoms with Crippen molar-refractivity contribution in [3.8, 4) is 0 Å². The minimum Gasteiger partial charge on any atom is -0.296 e. The third-order valence-electron chi connectivity index (χ3n) is 5.73. The lowest BCUT2D eigenvalue weighted by Gasteiger charge is -2.45. The van der Waals surface area contributed by atoms with Gasteiger partial charge in [0.15, 0.2) is 0 Å². The minimum absolute atomic E-state index is 0.0587. The number of piperidine rings is 1. The highest BCUT2D eigenvalue weighted by molar-refractivity contribution is 7.89. The van der Waals surface area contributed by atoms with Crippen molar-refractivity contribution in [3.05, 3.63) is 35.4 Å². The molecule has 158 valence electrons. The van der Waals surface area contributed by atoms with Crippen LogP contribution >= 0.6 is 0 Å². The summed E-state index contributed by atoms with van der Waals surface area (Å²) in [6.45, 7) is 3.94. The van der Waals surface area contributed by atoms with E-state index in [4.69, 9.17) is 0 Å². The number of hydrogen-bond donors (Lipinski definition) is 1. The maximum atomic E-state index is 12.5. The highest BCUT2D eigenvalue weighted by atomic mass is 32.2. The van der Waals surface area contributed by atoms with Gasteiger partial charge in [0, 0.05) is 38.3 Å². The molecule has 3 rings (SSSR count). The molecule has 0 aliphatic carbocycles. The van der Waals surface area contributed by atoms with Crippen LogP contribution in [0.1, 0.15) is 43.4 Å². The van der Waals surface area contributed by atoms with Crippen LogP contribution in [-0.2, 0) is 26.5 Å². The summed E-state index contributed by atoms with van der Waals surface area (Å²) in [5.74, 6) is 0.0587. The zero-order chi connectivity index (χ0) is 20.4. The second kappa shape index (κ2) is 8.79. The van der Waals surface area contributed by atoms with Crippen LogP contribution in [0.2, 0.25) is 0 Å². The van der Waals surface area contributed by atoms with E-state index in [-0.39, 0.29) is 30.9 Å². The standard InChI is InChI=1S/C19H31N3O4S2/c1-3-14-28(25,26)20-10-13-22(27(2,23)24)17-9-12-21-11-8-16-6-4-5-7-18(16)19(21)15-17/h4-7,17,19-20H,3,8-15H2,1-2H3/t17-,19+/m1/s1. The van der Waals surface area contributed by atoms with Crippen LogP contribution in [0.15, 0.2) is 24.3 Å². The molecule has 2 heterocycles. The zero-order valence-electron chi connectivity index (χ0n) is 16.7. The predicted octanol–water partition coefficient (Wildman–Crippen LogP) is 1.34. The smallest absolute Gasteiger partial charge is 0.211 e. The summed E-state index contributed by atoms with van der Waals surface area (Å²) in [5, 5.41) is 0. The van der Waals surface area contributed by atoms with Crippen LogP contribution < -0.4 is 4.72 Å². The van der Waals surface area contributed by atoms with Crippen LogP contribution in [0.25, 0.3) is 0 Å². The molecule has 2 aliphatic rings. The molecule has 0 bridgehead atoms. The quantitative estimate of drug-likeness (QED) is 0.674. The number of rotatable bonds is 8. The summed E-state index contributed by atoms with van der Waals surface area (Å²) in [6, 6.07) is 8.52. The zero-order valence-corrected chi connectivity index (χ0v) is 18.3. The van der Waals surface area contributed by atoms with Gasteiger partial charge < -0.3 is 0 Å². The molecule has 9 heteroatoms. The molecule has 28 heavy (non-hydrogen) atoms. The van der Waals surface area contributed by atoms with Gasteiger partial charge in [-0.3, -0.25) is 4.90 Å². The van der Waals surface area contributed by atoms with E-state index >= 15 is 0 Å². The second-order valence-electron chi connectivity index (χ2n) is 7.77. The molecule has 0 radical (unpaired) electrons. The van der Waals surface area contributed by atoms with Crippen molar-refractivity contribution in [3.63, 3.8) is 0 Å². The highest BCUT2D eigenvalue weighted by Crippen LogP contribution is 2.38. The highest BCUT2D eigenvalue weighted by Gasteiger charge is 2.37. The van der Waals surface area contributed by atoms with Crippen LogP contribution in [0.5, 0.6) is 0 Å². The Morgan fingerprint density at radius 3 is 2.64 bits per heavy atom. The topological polar surface area (TPSA) is 86.8 Å². The van der Waals surface area contributed by atoms with Crippen molar-refractivity contribution in [1.82, 2.24) is 13.9 Å². The predicted molar refractivity (Wildman–Crippen MR) is 111 cm³/mol. The molecule has 0 unspecified atom stereocenters. The van der Waals surface area contributed by atoms with Crippen molar-refractivity contribution in [1.29, 1.82) is 0 Å². The minimum atomic E-state index is -3.43. The SMILES string of the molecule is CCCS(=O)(=O)NCCN([C@@H]1CCN2CCc3ccccc3[C@@H]2C1)S(C)(=O)=O. The molecule has 0 spiro atoms. The molecule has 2 aliphatic heterocycles. The molecule has 0 aromatic heterocycles. The first kappa shape index (κ1) is 21.7. The summed E-state index contributed by atoms with van der Waals surface area (Å²) >= 11 is 0. The molecule has 0 saturated carbocycles. The van der Waals surface area contributed by atoms with Gasteiger partial charge in [0.1, 0.15) is 0 Å². The Morgan fingerprint density at radius 2 is 1.93 bits per heavy atom. The van der Waals surface area contributed by atoms with E-state index < -0.39 is 20.0 Å². The van der Waals surface area contributed by atoms with E-state index in [9.17, 15) is 16.8 Å². The molecule has 1 N–H and O–H groups in total. The van der Waals surface area contributed by atoms with Gasteiger partial charge in [-0.2, -0.15) is 4.31 Å². The van der Waals surface area contributed by atoms with Gasteiger partial charge in [-0.25, -0.2) is 21.6 Å². The number of benzene rings is 1. The van der Waals surface area contributed by atoms with Gasteiger partial charge in [-0.05, 0) is 36.8 Å². The Kier molecular flexibility index (Phi) is 6.81. The molecule has 1 aromatic rings. The molecule has 0 amide bonds. The van der Waals surface area contributed by atoms with Gasteiger partial charge in [0.05, 0.1) is 12.0 Å². The van der Waals surface area contributed by atoms with Crippen molar-refractivity contribution >= 4 is 20.0 Å². The van der Waals surface area contributed by atoms with Gasteiger partial charge in [0.2, 0.25) is 20.0 Å². The summed E-state index contributed by atoms with van der Waals surface area (Å²) in [6.07, 6.45) is 4.30. The van der Waals surface area contributed by atoms with Gasteiger partial charge in [0.25, 0.3) is 0 Å². The number of fused-ring (bicyclic) bond motifs is 3. The fourth-order valence-corrected chi connectivity index (χ4v) is 6.71. The van der Waals surface area contributed by atoms with Crippen molar-refractivity contribution < 1.29 is 16.8 Å². The number of nitrogens with one attached hydrogen (secondary N) is 1. The maximum Gasteiger partial charge on any atom is 0.211 e. The Morgan fingerprint density at radius 1 is 1.18 bits per heavy atom. The van der Waals surface area contributed by atoms with Crippen molar-refractivity contribution in [2.75, 3.05) is 38.2 Å². The fourth-order valence-electron chi connectivity index (χ4n) is 4.47. The number of sulfonamides is 2. The first-order chi connectivity index (χ1) is 13.2. The lowest BCUT2D eigenvalue weighted by atomic mass is 9.85. The van der Waals surface area contributed by atoms with E-state index in [2.05, 4.69) is 27.8 Å². The lowest BCUT2D eigenvalue weighted by Crippen LogP contribution is -2.51. The van der Waals surface area contributed by atoms with Gasteiger partial charge >= 0.3 is 0 Å². The first-order valence-electron chi connectivity index (χ1n) is 9.97. The van der Waals surface area contributed by atoms with Crippen LogP contribution in [0.3, 0.4) is 0 Å². The average Bonchev–Trinajstić information content (AvgIpc) is 2.63.